The van der Waals surface area contributed by atoms with E-state index in [9.17, 15) is 19.6 Å². The molecule has 0 fully saturated rings. The van der Waals surface area contributed by atoms with Crippen molar-refractivity contribution in [2.24, 2.45) is 0 Å². The highest BCUT2D eigenvalue weighted by Gasteiger charge is 2.21. The van der Waals surface area contributed by atoms with Gasteiger partial charge in [0.15, 0.2) is 0 Å². The number of nitrogens with one attached hydrogen (secondary N) is 2. The first-order valence-electron chi connectivity index (χ1n) is 16.0. The topological polar surface area (TPSA) is 150 Å². The van der Waals surface area contributed by atoms with Crippen LogP contribution in [0.25, 0.3) is 22.6 Å². The molecule has 0 atom stereocenters. The lowest BCUT2D eigenvalue weighted by Gasteiger charge is -2.18. The van der Waals surface area contributed by atoms with Gasteiger partial charge >= 0.3 is 0 Å². The highest BCUT2D eigenvalue weighted by Crippen LogP contribution is 2.27. The van der Waals surface area contributed by atoms with Gasteiger partial charge in [0.05, 0.1) is 68.9 Å². The van der Waals surface area contributed by atoms with Gasteiger partial charge in [-0.25, -0.2) is 4.68 Å². The van der Waals surface area contributed by atoms with Crippen LogP contribution >= 0.6 is 0 Å². The van der Waals surface area contributed by atoms with Gasteiger partial charge in [-0.3, -0.25) is 19.0 Å². The summed E-state index contributed by atoms with van der Waals surface area (Å²) in [7, 11) is 0. The van der Waals surface area contributed by atoms with Crippen LogP contribution in [-0.4, -0.2) is 78.9 Å². The van der Waals surface area contributed by atoms with E-state index in [0.717, 1.165) is 17.7 Å². The molecule has 2 heterocycles. The minimum Gasteiger partial charge on any atom is -0.377 e. The Bertz CT molecular complexity index is 1770. The number of carbonyl (C=O) groups excluding carboxylic acids is 2. The lowest BCUT2D eigenvalue weighted by atomic mass is 10.0. The number of rotatable bonds is 18. The third-order valence-electron chi connectivity index (χ3n) is 7.43. The molecule has 0 saturated heterocycles. The second-order valence-corrected chi connectivity index (χ2v) is 11.0. The van der Waals surface area contributed by atoms with Gasteiger partial charge in [-0.15, -0.1) is 0 Å². The fraction of sp³-hybridized carbons (Fsp3) is 0.361. The molecular formula is C36H42N6O6. The van der Waals surface area contributed by atoms with E-state index in [4.69, 9.17) is 14.2 Å². The van der Waals surface area contributed by atoms with Gasteiger partial charge in [-0.1, -0.05) is 19.1 Å². The van der Waals surface area contributed by atoms with Gasteiger partial charge in [0, 0.05) is 36.5 Å². The summed E-state index contributed by atoms with van der Waals surface area (Å²) in [5.74, 6) is -0.493. The Morgan fingerprint density at radius 3 is 2.17 bits per heavy atom. The molecule has 0 aliphatic carbocycles. The lowest BCUT2D eigenvalue weighted by molar-refractivity contribution is -0.121. The van der Waals surface area contributed by atoms with Crippen molar-refractivity contribution in [1.29, 1.82) is 5.26 Å². The third-order valence-corrected chi connectivity index (χ3v) is 7.43. The molecule has 252 valence electrons. The van der Waals surface area contributed by atoms with Gasteiger partial charge in [0.25, 0.3) is 11.5 Å². The fourth-order valence-corrected chi connectivity index (χ4v) is 5.05. The molecule has 4 rings (SSSR count). The molecule has 0 unspecified atom stereocenters. The zero-order chi connectivity index (χ0) is 34.3. The first kappa shape index (κ1) is 35.8. The van der Waals surface area contributed by atoms with Crippen LogP contribution in [-0.2, 0) is 19.0 Å². The van der Waals surface area contributed by atoms with Gasteiger partial charge in [0.2, 0.25) is 5.91 Å². The number of ether oxygens (including phenoxy) is 3. The van der Waals surface area contributed by atoms with Crippen LogP contribution in [0, 0.1) is 25.2 Å². The van der Waals surface area contributed by atoms with E-state index in [-0.39, 0.29) is 24.6 Å². The van der Waals surface area contributed by atoms with Crippen molar-refractivity contribution in [3.63, 3.8) is 0 Å². The van der Waals surface area contributed by atoms with E-state index in [1.54, 1.807) is 45.8 Å². The van der Waals surface area contributed by atoms with Crippen LogP contribution in [0.4, 0.5) is 0 Å². The van der Waals surface area contributed by atoms with Crippen molar-refractivity contribution in [1.82, 2.24) is 25.0 Å². The van der Waals surface area contributed by atoms with Crippen molar-refractivity contribution in [3.05, 3.63) is 99.6 Å². The molecule has 0 radical (unpaired) electrons. The van der Waals surface area contributed by atoms with E-state index in [1.165, 1.54) is 0 Å². The molecular weight excluding hydrogens is 612 g/mol. The Balaban J connectivity index is 1.38. The number of aromatic nitrogens is 3. The maximum atomic E-state index is 13.8. The molecule has 4 aromatic rings. The molecule has 0 aliphatic rings. The average Bonchev–Trinajstić information content (AvgIpc) is 3.57. The minimum atomic E-state index is -0.519. The standard InChI is InChI=1S/C36H42N6O6/c1-4-6-34(43)38-15-17-46-19-21-48-22-20-47-18-16-39-35(44)32-24-31(27(3)41(36(32)45)30-8-5-7-26(2)23-30)33-13-14-40-42(33)29-11-9-28(25-37)10-12-29/h5,7-14,23-24H,4,6,15-22H2,1-3H3,(H,38,43)(H,39,44). The number of pyridine rings is 1. The van der Waals surface area contributed by atoms with Crippen molar-refractivity contribution in [2.75, 3.05) is 52.7 Å². The number of nitriles is 1. The number of aryl methyl sites for hydroxylation is 1. The number of carbonyl (C=O) groups is 2. The van der Waals surface area contributed by atoms with Crippen molar-refractivity contribution in [2.45, 2.75) is 33.6 Å². The highest BCUT2D eigenvalue weighted by atomic mass is 16.5. The van der Waals surface area contributed by atoms with Crippen LogP contribution in [0.2, 0.25) is 0 Å². The monoisotopic (exact) mass is 654 g/mol. The number of amides is 2. The molecule has 0 spiro atoms. The second-order valence-electron chi connectivity index (χ2n) is 11.0. The van der Waals surface area contributed by atoms with Gasteiger partial charge in [0.1, 0.15) is 5.56 Å². The second kappa shape index (κ2) is 18.3. The van der Waals surface area contributed by atoms with E-state index in [0.29, 0.717) is 74.2 Å². The van der Waals surface area contributed by atoms with Crippen LogP contribution in [0.1, 0.15) is 46.9 Å². The van der Waals surface area contributed by atoms with Gasteiger partial charge in [-0.2, -0.15) is 10.4 Å². The molecule has 2 N–H and O–H groups in total. The van der Waals surface area contributed by atoms with Crippen molar-refractivity contribution >= 4 is 11.8 Å². The van der Waals surface area contributed by atoms with Gasteiger partial charge < -0.3 is 24.8 Å². The summed E-state index contributed by atoms with van der Waals surface area (Å²) in [4.78, 5) is 38.7. The van der Waals surface area contributed by atoms with Crippen LogP contribution in [0.15, 0.2) is 71.7 Å². The fourth-order valence-electron chi connectivity index (χ4n) is 5.05. The summed E-state index contributed by atoms with van der Waals surface area (Å²) >= 11 is 0. The van der Waals surface area contributed by atoms with E-state index < -0.39 is 11.5 Å². The minimum absolute atomic E-state index is 0.0158. The zero-order valence-corrected chi connectivity index (χ0v) is 27.7. The van der Waals surface area contributed by atoms with Crippen molar-refractivity contribution in [3.8, 4) is 28.7 Å². The maximum Gasteiger partial charge on any atom is 0.268 e. The molecule has 12 nitrogen and oxygen atoms in total. The largest absolute Gasteiger partial charge is 0.377 e. The highest BCUT2D eigenvalue weighted by molar-refractivity contribution is 5.95. The van der Waals surface area contributed by atoms with E-state index >= 15 is 0 Å². The van der Waals surface area contributed by atoms with Crippen LogP contribution < -0.4 is 16.2 Å². The summed E-state index contributed by atoms with van der Waals surface area (Å²) in [6.07, 6.45) is 2.98. The third kappa shape index (κ3) is 9.71. The predicted octanol–water partition coefficient (Wildman–Crippen LogP) is 3.87. The summed E-state index contributed by atoms with van der Waals surface area (Å²) < 4.78 is 19.8. The molecule has 0 bridgehead atoms. The molecule has 0 saturated carbocycles. The number of hydrogen-bond donors (Lipinski definition) is 2. The molecule has 0 aliphatic heterocycles. The number of benzene rings is 2. The summed E-state index contributed by atoms with van der Waals surface area (Å²) in [6.45, 7) is 8.57. The Labute approximate surface area is 280 Å². The summed E-state index contributed by atoms with van der Waals surface area (Å²) in [5.41, 5.74) is 4.39. The summed E-state index contributed by atoms with van der Waals surface area (Å²) in [5, 5.41) is 19.3. The normalized spacial score (nSPS) is 10.9. The molecule has 48 heavy (non-hydrogen) atoms. The first-order chi connectivity index (χ1) is 23.3. The predicted molar refractivity (Wildman–Crippen MR) is 181 cm³/mol. The SMILES string of the molecule is CCCC(=O)NCCOCCOCCOCCNC(=O)c1cc(-c2ccnn2-c2ccc(C#N)cc2)c(C)n(-c2cccc(C)c2)c1=O. The maximum absolute atomic E-state index is 13.8. The zero-order valence-electron chi connectivity index (χ0n) is 27.7. The van der Waals surface area contributed by atoms with Crippen LogP contribution in [0.3, 0.4) is 0 Å². The van der Waals surface area contributed by atoms with Crippen LogP contribution in [0.5, 0.6) is 0 Å². The Morgan fingerprint density at radius 1 is 0.854 bits per heavy atom. The number of hydrogen-bond acceptors (Lipinski definition) is 8. The molecule has 2 aromatic heterocycles. The first-order valence-corrected chi connectivity index (χ1v) is 16.0. The lowest BCUT2D eigenvalue weighted by Crippen LogP contribution is -2.35. The quantitative estimate of drug-likeness (QED) is 0.154. The average molecular weight is 655 g/mol. The Morgan fingerprint density at radius 2 is 1.52 bits per heavy atom. The van der Waals surface area contributed by atoms with Crippen molar-refractivity contribution < 1.29 is 23.8 Å². The van der Waals surface area contributed by atoms with E-state index in [1.807, 2.05) is 51.1 Å². The molecule has 2 amide bonds. The van der Waals surface area contributed by atoms with Gasteiger partial charge in [-0.05, 0) is 74.4 Å². The molecule has 12 heteroatoms. The Kier molecular flexibility index (Phi) is 13.6. The smallest absolute Gasteiger partial charge is 0.268 e. The van der Waals surface area contributed by atoms with E-state index in [2.05, 4.69) is 21.8 Å². The summed E-state index contributed by atoms with van der Waals surface area (Å²) in [6, 6.07) is 20.1. The Hall–Kier alpha value is -5.09. The molecule has 2 aromatic carbocycles. The number of nitrogens with zero attached hydrogens (tertiary/aromatic N) is 4.